The number of carboxylic acids is 1. The molecule has 0 saturated heterocycles. The second kappa shape index (κ2) is 5.66. The average molecular weight is 339 g/mol. The molecule has 1 aromatic carbocycles. The molecule has 1 heterocycles. The van der Waals surface area contributed by atoms with Crippen molar-refractivity contribution >= 4 is 38.7 Å². The van der Waals surface area contributed by atoms with Gasteiger partial charge in [-0.05, 0) is 24.3 Å². The molecule has 0 aliphatic rings. The predicted octanol–water partition coefficient (Wildman–Crippen LogP) is 2.72. The first-order chi connectivity index (χ1) is 9.38. The third-order valence-electron chi connectivity index (χ3n) is 3.13. The number of nitrogens with one attached hydrogen (secondary N) is 1. The van der Waals surface area contributed by atoms with Crippen molar-refractivity contribution in [2.75, 3.05) is 13.6 Å². The van der Waals surface area contributed by atoms with Crippen LogP contribution in [0.3, 0.4) is 0 Å². The molecule has 0 spiro atoms. The lowest BCUT2D eigenvalue weighted by Crippen LogP contribution is -2.33. The minimum atomic E-state index is -0.912. The predicted molar refractivity (Wildman–Crippen MR) is 79.8 cm³/mol. The molecule has 6 heteroatoms. The van der Waals surface area contributed by atoms with Gasteiger partial charge in [-0.25, -0.2) is 0 Å². The van der Waals surface area contributed by atoms with Crippen LogP contribution in [0.2, 0.25) is 0 Å². The van der Waals surface area contributed by atoms with Crippen LogP contribution in [0.4, 0.5) is 0 Å². The molecule has 106 valence electrons. The fourth-order valence-corrected chi connectivity index (χ4v) is 2.37. The normalized spacial score (nSPS) is 12.3. The molecule has 2 rings (SSSR count). The SMILES string of the molecule is CC(CN(C)C(=O)c1cc2cc(Br)ccc2[nH]1)C(=O)O. The Kier molecular flexibility index (Phi) is 4.13. The molecule has 1 amide bonds. The number of amides is 1. The largest absolute Gasteiger partial charge is 0.481 e. The Labute approximate surface area is 124 Å². The van der Waals surface area contributed by atoms with E-state index in [-0.39, 0.29) is 12.5 Å². The second-order valence-electron chi connectivity index (χ2n) is 4.84. The molecule has 1 aromatic heterocycles. The maximum Gasteiger partial charge on any atom is 0.308 e. The molecule has 1 unspecified atom stereocenters. The first kappa shape index (κ1) is 14.6. The fourth-order valence-electron chi connectivity index (χ4n) is 2.00. The standard InChI is InChI=1S/C14H15BrN2O3/c1-8(14(19)20)7-17(2)13(18)12-6-9-5-10(15)3-4-11(9)16-12/h3-6,8,16H,7H2,1-2H3,(H,19,20). The van der Waals surface area contributed by atoms with Gasteiger partial charge in [0, 0.05) is 29.0 Å². The van der Waals surface area contributed by atoms with E-state index in [0.717, 1.165) is 15.4 Å². The number of rotatable bonds is 4. The quantitative estimate of drug-likeness (QED) is 0.900. The molecular weight excluding hydrogens is 324 g/mol. The van der Waals surface area contributed by atoms with Gasteiger partial charge in [-0.3, -0.25) is 9.59 Å². The van der Waals surface area contributed by atoms with Gasteiger partial charge in [-0.15, -0.1) is 0 Å². The summed E-state index contributed by atoms with van der Waals surface area (Å²) in [6.45, 7) is 1.75. The Hall–Kier alpha value is -1.82. The van der Waals surface area contributed by atoms with Crippen molar-refractivity contribution in [1.29, 1.82) is 0 Å². The van der Waals surface area contributed by atoms with Crippen LogP contribution in [-0.2, 0) is 4.79 Å². The van der Waals surface area contributed by atoms with E-state index in [1.54, 1.807) is 20.0 Å². The Bertz CT molecular complexity index is 665. The van der Waals surface area contributed by atoms with Gasteiger partial charge >= 0.3 is 5.97 Å². The lowest BCUT2D eigenvalue weighted by molar-refractivity contribution is -0.141. The van der Waals surface area contributed by atoms with Gasteiger partial charge in [0.25, 0.3) is 5.91 Å². The number of hydrogen-bond acceptors (Lipinski definition) is 2. The number of carbonyl (C=O) groups is 2. The summed E-state index contributed by atoms with van der Waals surface area (Å²) >= 11 is 3.38. The van der Waals surface area contributed by atoms with Gasteiger partial charge in [-0.2, -0.15) is 0 Å². The van der Waals surface area contributed by atoms with Gasteiger partial charge in [-0.1, -0.05) is 22.9 Å². The number of fused-ring (bicyclic) bond motifs is 1. The van der Waals surface area contributed by atoms with Crippen LogP contribution in [0.1, 0.15) is 17.4 Å². The number of aromatic amines is 1. The Morgan fingerprint density at radius 2 is 2.10 bits per heavy atom. The van der Waals surface area contributed by atoms with E-state index in [2.05, 4.69) is 20.9 Å². The van der Waals surface area contributed by atoms with Crippen LogP contribution in [0.25, 0.3) is 10.9 Å². The maximum atomic E-state index is 12.2. The Balaban J connectivity index is 2.20. The number of aromatic nitrogens is 1. The van der Waals surface area contributed by atoms with Crippen LogP contribution in [0, 0.1) is 5.92 Å². The molecule has 0 saturated carbocycles. The van der Waals surface area contributed by atoms with Crippen molar-refractivity contribution in [2.24, 2.45) is 5.92 Å². The van der Waals surface area contributed by atoms with Crippen molar-refractivity contribution in [1.82, 2.24) is 9.88 Å². The number of halogens is 1. The molecule has 2 N–H and O–H groups in total. The Morgan fingerprint density at radius 1 is 1.40 bits per heavy atom. The van der Waals surface area contributed by atoms with Crippen LogP contribution in [-0.4, -0.2) is 40.5 Å². The molecule has 0 bridgehead atoms. The minimum absolute atomic E-state index is 0.174. The maximum absolute atomic E-state index is 12.2. The summed E-state index contributed by atoms with van der Waals surface area (Å²) in [5, 5.41) is 9.81. The van der Waals surface area contributed by atoms with E-state index in [1.165, 1.54) is 4.90 Å². The summed E-state index contributed by atoms with van der Waals surface area (Å²) in [5.74, 6) is -1.72. The number of hydrogen-bond donors (Lipinski definition) is 2. The molecule has 5 nitrogen and oxygen atoms in total. The summed E-state index contributed by atoms with van der Waals surface area (Å²) < 4.78 is 0.941. The smallest absolute Gasteiger partial charge is 0.308 e. The molecule has 1 atom stereocenters. The summed E-state index contributed by atoms with van der Waals surface area (Å²) in [5.41, 5.74) is 1.33. The van der Waals surface area contributed by atoms with Crippen LogP contribution in [0.5, 0.6) is 0 Å². The van der Waals surface area contributed by atoms with E-state index in [1.807, 2.05) is 18.2 Å². The van der Waals surface area contributed by atoms with Crippen LogP contribution in [0.15, 0.2) is 28.7 Å². The summed E-state index contributed by atoms with van der Waals surface area (Å²) in [6, 6.07) is 7.46. The van der Waals surface area contributed by atoms with E-state index in [0.29, 0.717) is 5.69 Å². The van der Waals surface area contributed by atoms with Gasteiger partial charge in [0.2, 0.25) is 0 Å². The highest BCUT2D eigenvalue weighted by Gasteiger charge is 2.19. The molecule has 0 radical (unpaired) electrons. The van der Waals surface area contributed by atoms with Gasteiger partial charge in [0.1, 0.15) is 5.69 Å². The molecule has 20 heavy (non-hydrogen) atoms. The topological polar surface area (TPSA) is 73.4 Å². The summed E-state index contributed by atoms with van der Waals surface area (Å²) in [7, 11) is 1.60. The zero-order valence-corrected chi connectivity index (χ0v) is 12.8. The molecular formula is C14H15BrN2O3. The lowest BCUT2D eigenvalue weighted by Gasteiger charge is -2.18. The van der Waals surface area contributed by atoms with Crippen molar-refractivity contribution in [2.45, 2.75) is 6.92 Å². The van der Waals surface area contributed by atoms with Crippen LogP contribution >= 0.6 is 15.9 Å². The number of benzene rings is 1. The molecule has 2 aromatic rings. The Morgan fingerprint density at radius 3 is 2.75 bits per heavy atom. The van der Waals surface area contributed by atoms with Gasteiger partial charge in [0.15, 0.2) is 0 Å². The molecule has 0 aliphatic heterocycles. The highest BCUT2D eigenvalue weighted by atomic mass is 79.9. The van der Waals surface area contributed by atoms with Crippen LogP contribution < -0.4 is 0 Å². The lowest BCUT2D eigenvalue weighted by atomic mass is 10.1. The third kappa shape index (κ3) is 3.01. The zero-order chi connectivity index (χ0) is 14.9. The first-order valence-electron chi connectivity index (χ1n) is 6.15. The summed E-state index contributed by atoms with van der Waals surface area (Å²) in [6.07, 6.45) is 0. The fraction of sp³-hybridized carbons (Fsp3) is 0.286. The number of nitrogens with zero attached hydrogens (tertiary/aromatic N) is 1. The van der Waals surface area contributed by atoms with Crippen molar-refractivity contribution in [3.05, 3.63) is 34.4 Å². The van der Waals surface area contributed by atoms with E-state index in [4.69, 9.17) is 5.11 Å². The first-order valence-corrected chi connectivity index (χ1v) is 6.94. The highest BCUT2D eigenvalue weighted by molar-refractivity contribution is 9.10. The number of H-pyrrole nitrogens is 1. The third-order valence-corrected chi connectivity index (χ3v) is 3.62. The molecule has 0 fully saturated rings. The average Bonchev–Trinajstić information content (AvgIpc) is 2.80. The van der Waals surface area contributed by atoms with Gasteiger partial charge in [0.05, 0.1) is 5.92 Å². The van der Waals surface area contributed by atoms with E-state index < -0.39 is 11.9 Å². The number of aliphatic carboxylic acids is 1. The van der Waals surface area contributed by atoms with E-state index in [9.17, 15) is 9.59 Å². The number of carbonyl (C=O) groups excluding carboxylic acids is 1. The summed E-state index contributed by atoms with van der Waals surface area (Å²) in [4.78, 5) is 27.5. The van der Waals surface area contributed by atoms with Crippen molar-refractivity contribution in [3.8, 4) is 0 Å². The van der Waals surface area contributed by atoms with Crippen molar-refractivity contribution < 1.29 is 14.7 Å². The van der Waals surface area contributed by atoms with E-state index >= 15 is 0 Å². The van der Waals surface area contributed by atoms with Crippen molar-refractivity contribution in [3.63, 3.8) is 0 Å². The highest BCUT2D eigenvalue weighted by Crippen LogP contribution is 2.21. The minimum Gasteiger partial charge on any atom is -0.481 e. The monoisotopic (exact) mass is 338 g/mol. The van der Waals surface area contributed by atoms with Gasteiger partial charge < -0.3 is 15.0 Å². The zero-order valence-electron chi connectivity index (χ0n) is 11.2. The number of carboxylic acid groups (broad SMARTS) is 1. The molecule has 0 aliphatic carbocycles. The second-order valence-corrected chi connectivity index (χ2v) is 5.76.